The van der Waals surface area contributed by atoms with Crippen molar-refractivity contribution in [1.29, 1.82) is 0 Å². The molecule has 0 aromatic heterocycles. The number of carbonyl (C=O) groups is 3. The molecule has 1 fully saturated rings. The molecule has 3 N–H and O–H groups in total. The molecule has 10 heteroatoms. The second kappa shape index (κ2) is 8.19. The van der Waals surface area contributed by atoms with Crippen molar-refractivity contribution in [3.63, 3.8) is 0 Å². The summed E-state index contributed by atoms with van der Waals surface area (Å²) < 4.78 is 5.25. The van der Waals surface area contributed by atoms with Crippen molar-refractivity contribution in [2.45, 2.75) is 19.4 Å². The van der Waals surface area contributed by atoms with Gasteiger partial charge in [-0.05, 0) is 30.7 Å². The van der Waals surface area contributed by atoms with E-state index in [1.54, 1.807) is 13.0 Å². The highest BCUT2D eigenvalue weighted by Gasteiger charge is 2.41. The summed E-state index contributed by atoms with van der Waals surface area (Å²) in [6.45, 7) is 2.10. The molecule has 1 saturated heterocycles. The number of carboxylic acids is 2. The third-order valence-corrected chi connectivity index (χ3v) is 4.70. The molecule has 8 nitrogen and oxygen atoms in total. The Bertz CT molecular complexity index is 806. The maximum atomic E-state index is 12.5. The molecule has 1 aliphatic rings. The number of aliphatic carboxylic acids is 2. The van der Waals surface area contributed by atoms with Crippen molar-refractivity contribution in [2.24, 2.45) is 0 Å². The van der Waals surface area contributed by atoms with Crippen molar-refractivity contribution >= 4 is 52.2 Å². The van der Waals surface area contributed by atoms with E-state index in [2.05, 4.69) is 0 Å². The second-order valence-corrected chi connectivity index (χ2v) is 6.84. The highest BCUT2D eigenvalue weighted by Crippen LogP contribution is 2.36. The molecule has 0 bridgehead atoms. The standard InChI is InChI=1S/C16H15NO7S2/c1-2-24-11-5-8(3-4-10(11)18)6-12-14(21)17(16(25)26-12)9(15(22)23)7-13(19)20/h3-6,9,18H,2,7H2,1H3,(H,19,20)(H,22,23)/b12-6-/t9-/m0/s1. The predicted molar refractivity (Wildman–Crippen MR) is 98.0 cm³/mol. The van der Waals surface area contributed by atoms with Gasteiger partial charge in [-0.3, -0.25) is 14.5 Å². The molecule has 1 heterocycles. The Morgan fingerprint density at radius 3 is 2.65 bits per heavy atom. The van der Waals surface area contributed by atoms with Crippen LogP contribution in [0.15, 0.2) is 23.1 Å². The third kappa shape index (κ3) is 4.33. The molecule has 26 heavy (non-hydrogen) atoms. The largest absolute Gasteiger partial charge is 0.504 e. The van der Waals surface area contributed by atoms with E-state index >= 15 is 0 Å². The van der Waals surface area contributed by atoms with Gasteiger partial charge in [-0.2, -0.15) is 0 Å². The molecule has 0 saturated carbocycles. The Hall–Kier alpha value is -2.59. The fourth-order valence-corrected chi connectivity index (χ4v) is 3.60. The van der Waals surface area contributed by atoms with Crippen LogP contribution in [0, 0.1) is 0 Å². The molecule has 1 aliphatic heterocycles. The van der Waals surface area contributed by atoms with Gasteiger partial charge in [-0.1, -0.05) is 30.0 Å². The topological polar surface area (TPSA) is 124 Å². The number of ether oxygens (including phenoxy) is 1. The zero-order valence-electron chi connectivity index (χ0n) is 13.5. The van der Waals surface area contributed by atoms with Crippen LogP contribution in [0.2, 0.25) is 0 Å². The van der Waals surface area contributed by atoms with Gasteiger partial charge in [0.1, 0.15) is 10.4 Å². The number of hydrogen-bond donors (Lipinski definition) is 3. The molecule has 1 aromatic carbocycles. The number of benzene rings is 1. The van der Waals surface area contributed by atoms with Gasteiger partial charge in [0.2, 0.25) is 0 Å². The van der Waals surface area contributed by atoms with Gasteiger partial charge in [0.15, 0.2) is 11.5 Å². The van der Waals surface area contributed by atoms with Gasteiger partial charge in [0.05, 0.1) is 17.9 Å². The van der Waals surface area contributed by atoms with Gasteiger partial charge in [0.25, 0.3) is 5.91 Å². The van der Waals surface area contributed by atoms with Gasteiger partial charge < -0.3 is 20.1 Å². The zero-order chi connectivity index (χ0) is 19.4. The highest BCUT2D eigenvalue weighted by atomic mass is 32.2. The Morgan fingerprint density at radius 2 is 2.08 bits per heavy atom. The summed E-state index contributed by atoms with van der Waals surface area (Å²) in [5, 5.41) is 27.8. The first kappa shape index (κ1) is 19.7. The highest BCUT2D eigenvalue weighted by molar-refractivity contribution is 8.26. The Balaban J connectivity index is 2.33. The van der Waals surface area contributed by atoms with E-state index in [1.165, 1.54) is 18.2 Å². The lowest BCUT2D eigenvalue weighted by Crippen LogP contribution is -2.45. The van der Waals surface area contributed by atoms with Gasteiger partial charge in [-0.15, -0.1) is 0 Å². The monoisotopic (exact) mass is 397 g/mol. The molecule has 0 unspecified atom stereocenters. The van der Waals surface area contributed by atoms with E-state index in [1.807, 2.05) is 0 Å². The minimum atomic E-state index is -1.58. The predicted octanol–water partition coefficient (Wildman–Crippen LogP) is 1.92. The molecule has 138 valence electrons. The van der Waals surface area contributed by atoms with Crippen LogP contribution in [0.1, 0.15) is 18.9 Å². The average Bonchev–Trinajstić information content (AvgIpc) is 2.82. The number of rotatable bonds is 7. The van der Waals surface area contributed by atoms with Crippen LogP contribution < -0.4 is 4.74 Å². The minimum Gasteiger partial charge on any atom is -0.504 e. The van der Waals surface area contributed by atoms with Gasteiger partial charge >= 0.3 is 11.9 Å². The van der Waals surface area contributed by atoms with Crippen LogP contribution >= 0.6 is 24.0 Å². The number of aromatic hydroxyl groups is 1. The average molecular weight is 397 g/mol. The molecule has 1 atom stereocenters. The van der Waals surface area contributed by atoms with Crippen molar-refractivity contribution < 1.29 is 34.4 Å². The number of amides is 1. The first-order valence-corrected chi connectivity index (χ1v) is 8.64. The number of phenols is 1. The normalized spacial score (nSPS) is 16.8. The summed E-state index contributed by atoms with van der Waals surface area (Å²) in [6, 6.07) is 2.90. The summed E-state index contributed by atoms with van der Waals surface area (Å²) in [5.74, 6) is -3.29. The smallest absolute Gasteiger partial charge is 0.327 e. The number of thiocarbonyl (C=S) groups is 1. The molecule has 0 spiro atoms. The molecule has 2 rings (SSSR count). The molecule has 1 aromatic rings. The first-order valence-electron chi connectivity index (χ1n) is 7.42. The van der Waals surface area contributed by atoms with Crippen molar-refractivity contribution in [1.82, 2.24) is 4.90 Å². The lowest BCUT2D eigenvalue weighted by molar-refractivity contribution is -0.150. The Kier molecular flexibility index (Phi) is 6.22. The number of carboxylic acid groups (broad SMARTS) is 2. The van der Waals surface area contributed by atoms with E-state index < -0.39 is 30.3 Å². The summed E-state index contributed by atoms with van der Waals surface area (Å²) in [5.41, 5.74) is 0.539. The minimum absolute atomic E-state index is 0.0290. The Labute approximate surface area is 158 Å². The lowest BCUT2D eigenvalue weighted by Gasteiger charge is -2.21. The number of carbonyl (C=O) groups excluding carboxylic acids is 1. The number of nitrogens with zero attached hydrogens (tertiary/aromatic N) is 1. The van der Waals surface area contributed by atoms with E-state index in [0.29, 0.717) is 12.2 Å². The lowest BCUT2D eigenvalue weighted by atomic mass is 10.1. The first-order chi connectivity index (χ1) is 12.2. The second-order valence-electron chi connectivity index (χ2n) is 5.16. The molecule has 0 radical (unpaired) electrons. The van der Waals surface area contributed by atoms with Crippen LogP contribution in [0.4, 0.5) is 0 Å². The van der Waals surface area contributed by atoms with Crippen LogP contribution in [-0.2, 0) is 14.4 Å². The van der Waals surface area contributed by atoms with Gasteiger partial charge in [0, 0.05) is 0 Å². The van der Waals surface area contributed by atoms with Gasteiger partial charge in [-0.25, -0.2) is 4.79 Å². The Morgan fingerprint density at radius 1 is 1.38 bits per heavy atom. The van der Waals surface area contributed by atoms with Crippen molar-refractivity contribution in [3.8, 4) is 11.5 Å². The summed E-state index contributed by atoms with van der Waals surface area (Å²) in [7, 11) is 0. The van der Waals surface area contributed by atoms with Crippen LogP contribution in [0.5, 0.6) is 11.5 Å². The fraction of sp³-hybridized carbons (Fsp3) is 0.250. The maximum Gasteiger partial charge on any atom is 0.327 e. The fourth-order valence-electron chi connectivity index (χ4n) is 2.25. The number of thioether (sulfide) groups is 1. The van der Waals surface area contributed by atoms with E-state index in [4.69, 9.17) is 22.1 Å². The SMILES string of the molecule is CCOc1cc(/C=C2\SC(=S)N([C@@H](CC(=O)O)C(=O)O)C2=O)ccc1O. The number of hydrogen-bond acceptors (Lipinski definition) is 7. The third-order valence-electron chi connectivity index (χ3n) is 3.37. The van der Waals surface area contributed by atoms with Crippen LogP contribution in [0.3, 0.4) is 0 Å². The van der Waals surface area contributed by atoms with E-state index in [-0.39, 0.29) is 20.7 Å². The van der Waals surface area contributed by atoms with Crippen molar-refractivity contribution in [3.05, 3.63) is 28.7 Å². The maximum absolute atomic E-state index is 12.5. The quantitative estimate of drug-likeness (QED) is 0.467. The number of phenolic OH excluding ortho intramolecular Hbond substituents is 1. The van der Waals surface area contributed by atoms with E-state index in [9.17, 15) is 24.6 Å². The van der Waals surface area contributed by atoms with Crippen LogP contribution in [0.25, 0.3) is 6.08 Å². The van der Waals surface area contributed by atoms with E-state index in [0.717, 1.165) is 16.7 Å². The summed E-state index contributed by atoms with van der Waals surface area (Å²) in [4.78, 5) is 35.7. The summed E-state index contributed by atoms with van der Waals surface area (Å²) >= 11 is 5.94. The molecule has 0 aliphatic carbocycles. The zero-order valence-corrected chi connectivity index (χ0v) is 15.2. The van der Waals surface area contributed by atoms with Crippen LogP contribution in [-0.4, -0.2) is 55.0 Å². The summed E-state index contributed by atoms with van der Waals surface area (Å²) in [6.07, 6.45) is 0.712. The molecule has 1 amide bonds. The molecular weight excluding hydrogens is 382 g/mol. The molecular formula is C16H15NO7S2. The van der Waals surface area contributed by atoms with Crippen molar-refractivity contribution in [2.75, 3.05) is 6.61 Å².